The highest BCUT2D eigenvalue weighted by molar-refractivity contribution is 5.88. The lowest BCUT2D eigenvalue weighted by molar-refractivity contribution is -0.132. The first-order valence-electron chi connectivity index (χ1n) is 3.47. The standard InChI is InChI=1S/C8H10O3/c9-4-3-6-1-2-7(5-6)8(10)11/h1-2,9H,3-5H2,(H,10,11). The van der Waals surface area contributed by atoms with Crippen LogP contribution in [0.2, 0.25) is 0 Å². The number of carboxylic acids is 1. The number of allylic oxidation sites excluding steroid dienone is 2. The third kappa shape index (κ3) is 1.91. The molecule has 0 aromatic rings. The second-order valence-electron chi connectivity index (χ2n) is 2.47. The van der Waals surface area contributed by atoms with Gasteiger partial charge in [-0.2, -0.15) is 0 Å². The minimum Gasteiger partial charge on any atom is -0.478 e. The van der Waals surface area contributed by atoms with Crippen molar-refractivity contribution in [2.45, 2.75) is 12.8 Å². The fraction of sp³-hybridized carbons (Fsp3) is 0.375. The highest BCUT2D eigenvalue weighted by atomic mass is 16.4. The summed E-state index contributed by atoms with van der Waals surface area (Å²) in [7, 11) is 0. The number of rotatable bonds is 3. The minimum atomic E-state index is -0.866. The van der Waals surface area contributed by atoms with Gasteiger partial charge in [-0.3, -0.25) is 0 Å². The van der Waals surface area contributed by atoms with E-state index in [-0.39, 0.29) is 6.61 Å². The highest BCUT2D eigenvalue weighted by Gasteiger charge is 2.13. The van der Waals surface area contributed by atoms with E-state index in [1.165, 1.54) is 0 Å². The van der Waals surface area contributed by atoms with Crippen LogP contribution in [0, 0.1) is 0 Å². The summed E-state index contributed by atoms with van der Waals surface area (Å²) < 4.78 is 0. The fourth-order valence-electron chi connectivity index (χ4n) is 1.04. The van der Waals surface area contributed by atoms with Crippen molar-refractivity contribution in [3.05, 3.63) is 23.3 Å². The van der Waals surface area contributed by atoms with Gasteiger partial charge in [-0.25, -0.2) is 4.79 Å². The van der Waals surface area contributed by atoms with Crippen LogP contribution in [0.3, 0.4) is 0 Å². The van der Waals surface area contributed by atoms with Crippen LogP contribution >= 0.6 is 0 Å². The molecule has 0 saturated heterocycles. The predicted molar refractivity (Wildman–Crippen MR) is 40.1 cm³/mol. The summed E-state index contributed by atoms with van der Waals surface area (Å²) in [5.74, 6) is -0.866. The fourth-order valence-corrected chi connectivity index (χ4v) is 1.04. The summed E-state index contributed by atoms with van der Waals surface area (Å²) in [6, 6.07) is 0. The van der Waals surface area contributed by atoms with Crippen molar-refractivity contribution in [2.75, 3.05) is 6.61 Å². The topological polar surface area (TPSA) is 57.5 Å². The molecule has 1 rings (SSSR count). The Bertz CT molecular complexity index is 225. The Labute approximate surface area is 64.7 Å². The third-order valence-corrected chi connectivity index (χ3v) is 1.65. The Hall–Kier alpha value is -1.09. The van der Waals surface area contributed by atoms with Crippen molar-refractivity contribution in [2.24, 2.45) is 0 Å². The van der Waals surface area contributed by atoms with Crippen molar-refractivity contribution in [3.63, 3.8) is 0 Å². The molecule has 0 radical (unpaired) electrons. The quantitative estimate of drug-likeness (QED) is 0.629. The number of aliphatic hydroxyl groups is 1. The number of carboxylic acid groups (broad SMARTS) is 1. The Morgan fingerprint density at radius 2 is 2.27 bits per heavy atom. The van der Waals surface area contributed by atoms with Gasteiger partial charge in [0.1, 0.15) is 0 Å². The van der Waals surface area contributed by atoms with E-state index in [9.17, 15) is 4.79 Å². The predicted octanol–water partition coefficient (Wildman–Crippen LogP) is 0.710. The maximum absolute atomic E-state index is 10.4. The molecule has 1 aliphatic rings. The van der Waals surface area contributed by atoms with Gasteiger partial charge in [-0.15, -0.1) is 0 Å². The normalized spacial score (nSPS) is 16.1. The molecule has 0 aliphatic heterocycles. The third-order valence-electron chi connectivity index (χ3n) is 1.65. The van der Waals surface area contributed by atoms with Crippen LogP contribution in [-0.2, 0) is 4.79 Å². The molecule has 0 aromatic heterocycles. The Morgan fingerprint density at radius 3 is 2.73 bits per heavy atom. The molecule has 0 unspecified atom stereocenters. The van der Waals surface area contributed by atoms with Gasteiger partial charge in [0.2, 0.25) is 0 Å². The zero-order chi connectivity index (χ0) is 8.27. The number of hydrogen-bond donors (Lipinski definition) is 2. The van der Waals surface area contributed by atoms with Crippen molar-refractivity contribution in [1.82, 2.24) is 0 Å². The first kappa shape index (κ1) is 8.01. The van der Waals surface area contributed by atoms with Gasteiger partial charge in [0.05, 0.1) is 0 Å². The van der Waals surface area contributed by atoms with Crippen molar-refractivity contribution in [1.29, 1.82) is 0 Å². The first-order chi connectivity index (χ1) is 5.24. The second-order valence-corrected chi connectivity index (χ2v) is 2.47. The molecule has 60 valence electrons. The molecule has 0 bridgehead atoms. The van der Waals surface area contributed by atoms with E-state index in [1.54, 1.807) is 12.2 Å². The van der Waals surface area contributed by atoms with Gasteiger partial charge in [-0.05, 0) is 6.42 Å². The van der Waals surface area contributed by atoms with Crippen molar-refractivity contribution < 1.29 is 15.0 Å². The van der Waals surface area contributed by atoms with Gasteiger partial charge in [0.15, 0.2) is 0 Å². The summed E-state index contributed by atoms with van der Waals surface area (Å²) in [4.78, 5) is 10.4. The minimum absolute atomic E-state index is 0.0899. The van der Waals surface area contributed by atoms with E-state index < -0.39 is 5.97 Å². The van der Waals surface area contributed by atoms with E-state index >= 15 is 0 Å². The maximum Gasteiger partial charge on any atom is 0.331 e. The van der Waals surface area contributed by atoms with E-state index in [1.807, 2.05) is 0 Å². The SMILES string of the molecule is O=C(O)C1=CC=C(CCO)C1. The molecule has 3 nitrogen and oxygen atoms in total. The average Bonchev–Trinajstić information content (AvgIpc) is 2.37. The van der Waals surface area contributed by atoms with Crippen LogP contribution in [0.15, 0.2) is 23.3 Å². The molecular weight excluding hydrogens is 144 g/mol. The Morgan fingerprint density at radius 1 is 1.55 bits per heavy atom. The van der Waals surface area contributed by atoms with E-state index in [0.717, 1.165) is 5.57 Å². The molecule has 0 fully saturated rings. The lowest BCUT2D eigenvalue weighted by atomic mass is 10.1. The maximum atomic E-state index is 10.4. The molecule has 1 aliphatic carbocycles. The second kappa shape index (κ2) is 3.34. The highest BCUT2D eigenvalue weighted by Crippen LogP contribution is 2.20. The number of aliphatic carboxylic acids is 1. The Balaban J connectivity index is 2.45. The lowest BCUT2D eigenvalue weighted by Crippen LogP contribution is -1.98. The van der Waals surface area contributed by atoms with E-state index in [2.05, 4.69) is 0 Å². The summed E-state index contributed by atoms with van der Waals surface area (Å²) in [5, 5.41) is 17.1. The molecule has 0 atom stereocenters. The zero-order valence-corrected chi connectivity index (χ0v) is 6.08. The van der Waals surface area contributed by atoms with Crippen molar-refractivity contribution in [3.8, 4) is 0 Å². The van der Waals surface area contributed by atoms with E-state index in [4.69, 9.17) is 10.2 Å². The van der Waals surface area contributed by atoms with Crippen LogP contribution in [-0.4, -0.2) is 22.8 Å². The van der Waals surface area contributed by atoms with Gasteiger partial charge >= 0.3 is 5.97 Å². The van der Waals surface area contributed by atoms with Gasteiger partial charge in [0.25, 0.3) is 0 Å². The molecule has 2 N–H and O–H groups in total. The number of aliphatic hydroxyl groups excluding tert-OH is 1. The monoisotopic (exact) mass is 154 g/mol. The molecule has 0 aromatic carbocycles. The molecular formula is C8H10O3. The lowest BCUT2D eigenvalue weighted by Gasteiger charge is -1.97. The summed E-state index contributed by atoms with van der Waals surface area (Å²) in [6.45, 7) is 0.0899. The molecule has 0 amide bonds. The molecule has 3 heteroatoms. The van der Waals surface area contributed by atoms with Gasteiger partial charge < -0.3 is 10.2 Å². The molecule has 0 spiro atoms. The molecule has 11 heavy (non-hydrogen) atoms. The Kier molecular flexibility index (Phi) is 2.44. The average molecular weight is 154 g/mol. The van der Waals surface area contributed by atoms with E-state index in [0.29, 0.717) is 18.4 Å². The number of carbonyl (C=O) groups is 1. The van der Waals surface area contributed by atoms with Crippen molar-refractivity contribution >= 4 is 5.97 Å². The summed E-state index contributed by atoms with van der Waals surface area (Å²) in [6.07, 6.45) is 4.41. The first-order valence-corrected chi connectivity index (χ1v) is 3.47. The summed E-state index contributed by atoms with van der Waals surface area (Å²) in [5.41, 5.74) is 1.40. The summed E-state index contributed by atoms with van der Waals surface area (Å²) >= 11 is 0. The molecule has 0 heterocycles. The molecule has 0 saturated carbocycles. The smallest absolute Gasteiger partial charge is 0.331 e. The van der Waals surface area contributed by atoms with Gasteiger partial charge in [0, 0.05) is 18.6 Å². The van der Waals surface area contributed by atoms with Crippen LogP contribution in [0.4, 0.5) is 0 Å². The van der Waals surface area contributed by atoms with Crippen LogP contribution in [0.5, 0.6) is 0 Å². The van der Waals surface area contributed by atoms with Crippen LogP contribution in [0.1, 0.15) is 12.8 Å². The number of hydrogen-bond acceptors (Lipinski definition) is 2. The largest absolute Gasteiger partial charge is 0.478 e. The van der Waals surface area contributed by atoms with Crippen LogP contribution < -0.4 is 0 Å². The van der Waals surface area contributed by atoms with Gasteiger partial charge in [-0.1, -0.05) is 17.7 Å². The van der Waals surface area contributed by atoms with Crippen LogP contribution in [0.25, 0.3) is 0 Å². The zero-order valence-electron chi connectivity index (χ0n) is 6.08.